The van der Waals surface area contributed by atoms with Gasteiger partial charge in [0.15, 0.2) is 11.5 Å². The maximum absolute atomic E-state index is 12.2. The van der Waals surface area contributed by atoms with Gasteiger partial charge in [0.05, 0.1) is 7.11 Å². The van der Waals surface area contributed by atoms with Gasteiger partial charge in [-0.3, -0.25) is 4.79 Å². The summed E-state index contributed by atoms with van der Waals surface area (Å²) < 4.78 is 11.3. The van der Waals surface area contributed by atoms with E-state index < -0.39 is 0 Å². The second-order valence-corrected chi connectivity index (χ2v) is 6.88. The Kier molecular flexibility index (Phi) is 6.93. The molecule has 0 radical (unpaired) electrons. The van der Waals surface area contributed by atoms with E-state index in [4.69, 9.17) is 21.1 Å². The molecule has 3 aromatic rings. The van der Waals surface area contributed by atoms with Crippen molar-refractivity contribution in [2.45, 2.75) is 13.5 Å². The zero-order valence-electron chi connectivity index (χ0n) is 16.3. The van der Waals surface area contributed by atoms with Gasteiger partial charge in [-0.25, -0.2) is 0 Å². The van der Waals surface area contributed by atoms with E-state index in [9.17, 15) is 4.79 Å². The molecule has 0 aliphatic carbocycles. The van der Waals surface area contributed by atoms with Crippen LogP contribution in [-0.4, -0.2) is 13.0 Å². The Morgan fingerprint density at radius 2 is 1.83 bits per heavy atom. The molecular formula is C24H22ClNO3. The lowest BCUT2D eigenvalue weighted by molar-refractivity contribution is -0.111. The molecule has 3 aromatic carbocycles. The fourth-order valence-corrected chi connectivity index (χ4v) is 2.85. The number of amides is 1. The van der Waals surface area contributed by atoms with Crippen molar-refractivity contribution in [1.29, 1.82) is 0 Å². The number of anilines is 1. The number of methoxy groups -OCH3 is 1. The molecule has 0 aliphatic rings. The van der Waals surface area contributed by atoms with Crippen LogP contribution in [-0.2, 0) is 11.4 Å². The maximum Gasteiger partial charge on any atom is 0.248 e. The number of benzene rings is 3. The van der Waals surface area contributed by atoms with Crippen LogP contribution in [0.4, 0.5) is 5.69 Å². The summed E-state index contributed by atoms with van der Waals surface area (Å²) in [5.74, 6) is 1.01. The predicted molar refractivity (Wildman–Crippen MR) is 118 cm³/mol. The second kappa shape index (κ2) is 9.80. The Balaban J connectivity index is 1.64. The number of ether oxygens (including phenoxy) is 2. The molecule has 0 fully saturated rings. The quantitative estimate of drug-likeness (QED) is 0.497. The topological polar surface area (TPSA) is 47.6 Å². The summed E-state index contributed by atoms with van der Waals surface area (Å²) in [6.07, 6.45) is 3.18. The summed E-state index contributed by atoms with van der Waals surface area (Å²) in [4.78, 5) is 12.2. The highest BCUT2D eigenvalue weighted by molar-refractivity contribution is 6.31. The van der Waals surface area contributed by atoms with Gasteiger partial charge in [-0.15, -0.1) is 0 Å². The first kappa shape index (κ1) is 20.5. The van der Waals surface area contributed by atoms with Gasteiger partial charge in [0.2, 0.25) is 5.91 Å². The summed E-state index contributed by atoms with van der Waals surface area (Å²) in [7, 11) is 1.59. The van der Waals surface area contributed by atoms with Gasteiger partial charge in [-0.1, -0.05) is 54.1 Å². The van der Waals surface area contributed by atoms with Crippen LogP contribution >= 0.6 is 11.6 Å². The Morgan fingerprint density at radius 3 is 2.55 bits per heavy atom. The third-order valence-electron chi connectivity index (χ3n) is 4.29. The number of rotatable bonds is 7. The highest BCUT2D eigenvalue weighted by atomic mass is 35.5. The zero-order valence-corrected chi connectivity index (χ0v) is 17.1. The van der Waals surface area contributed by atoms with E-state index in [2.05, 4.69) is 5.32 Å². The lowest BCUT2D eigenvalue weighted by atomic mass is 10.2. The van der Waals surface area contributed by atoms with E-state index in [1.54, 1.807) is 19.3 Å². The Labute approximate surface area is 175 Å². The largest absolute Gasteiger partial charge is 0.493 e. The summed E-state index contributed by atoms with van der Waals surface area (Å²) in [6, 6.07) is 20.8. The highest BCUT2D eigenvalue weighted by Crippen LogP contribution is 2.29. The van der Waals surface area contributed by atoms with Crippen molar-refractivity contribution < 1.29 is 14.3 Å². The van der Waals surface area contributed by atoms with Crippen molar-refractivity contribution in [2.24, 2.45) is 0 Å². The number of halogens is 1. The molecule has 29 heavy (non-hydrogen) atoms. The zero-order chi connectivity index (χ0) is 20.6. The molecule has 0 saturated heterocycles. The number of carbonyl (C=O) groups excluding carboxylic acids is 1. The van der Waals surface area contributed by atoms with Gasteiger partial charge in [0.25, 0.3) is 0 Å². The van der Waals surface area contributed by atoms with Crippen LogP contribution < -0.4 is 14.8 Å². The van der Waals surface area contributed by atoms with Crippen LogP contribution in [0.25, 0.3) is 6.08 Å². The maximum atomic E-state index is 12.2. The molecule has 1 amide bonds. The second-order valence-electron chi connectivity index (χ2n) is 6.47. The van der Waals surface area contributed by atoms with E-state index in [-0.39, 0.29) is 5.91 Å². The van der Waals surface area contributed by atoms with Crippen LogP contribution in [0.2, 0.25) is 5.02 Å². The number of hydrogen-bond acceptors (Lipinski definition) is 3. The minimum absolute atomic E-state index is 0.242. The van der Waals surface area contributed by atoms with Gasteiger partial charge in [0, 0.05) is 16.8 Å². The standard InChI is InChI=1S/C24H22ClNO3/c1-17-8-11-20(15-21(17)25)26-24(27)13-10-18-9-12-22(23(14-18)28-2)29-16-19-6-4-3-5-7-19/h3-15H,16H2,1-2H3,(H,26,27)/b13-10+. The molecule has 0 unspecified atom stereocenters. The van der Waals surface area contributed by atoms with Crippen LogP contribution in [0.5, 0.6) is 11.5 Å². The highest BCUT2D eigenvalue weighted by Gasteiger charge is 2.06. The van der Waals surface area contributed by atoms with E-state index in [1.165, 1.54) is 6.08 Å². The molecule has 0 bridgehead atoms. The summed E-state index contributed by atoms with van der Waals surface area (Å²) in [6.45, 7) is 2.36. The molecule has 0 aliphatic heterocycles. The van der Waals surface area contributed by atoms with E-state index in [1.807, 2.05) is 67.6 Å². The van der Waals surface area contributed by atoms with Crippen molar-refractivity contribution in [3.05, 3.63) is 94.5 Å². The summed E-state index contributed by atoms with van der Waals surface area (Å²) >= 11 is 6.09. The van der Waals surface area contributed by atoms with E-state index in [0.717, 1.165) is 16.7 Å². The van der Waals surface area contributed by atoms with Crippen LogP contribution in [0.1, 0.15) is 16.7 Å². The molecule has 4 nitrogen and oxygen atoms in total. The van der Waals surface area contributed by atoms with Gasteiger partial charge >= 0.3 is 0 Å². The van der Waals surface area contributed by atoms with Crippen LogP contribution in [0.15, 0.2) is 72.8 Å². The molecule has 0 saturated carbocycles. The third-order valence-corrected chi connectivity index (χ3v) is 4.70. The predicted octanol–water partition coefficient (Wildman–Crippen LogP) is 5.89. The Bertz CT molecular complexity index is 1020. The van der Waals surface area contributed by atoms with Crippen molar-refractivity contribution in [3.63, 3.8) is 0 Å². The minimum atomic E-state index is -0.242. The summed E-state index contributed by atoms with van der Waals surface area (Å²) in [5.41, 5.74) is 3.51. The molecule has 0 atom stereocenters. The van der Waals surface area contributed by atoms with Crippen LogP contribution in [0, 0.1) is 6.92 Å². The normalized spacial score (nSPS) is 10.7. The minimum Gasteiger partial charge on any atom is -0.493 e. The molecule has 3 rings (SSSR count). The Morgan fingerprint density at radius 1 is 1.03 bits per heavy atom. The average Bonchev–Trinajstić information content (AvgIpc) is 2.74. The number of carbonyl (C=O) groups is 1. The fraction of sp³-hybridized carbons (Fsp3) is 0.125. The van der Waals surface area contributed by atoms with Crippen molar-refractivity contribution in [2.75, 3.05) is 12.4 Å². The van der Waals surface area contributed by atoms with E-state index >= 15 is 0 Å². The fourth-order valence-electron chi connectivity index (χ4n) is 2.67. The first-order chi connectivity index (χ1) is 14.0. The molecule has 148 valence electrons. The van der Waals surface area contributed by atoms with Gasteiger partial charge in [0.1, 0.15) is 6.61 Å². The monoisotopic (exact) mass is 407 g/mol. The number of aryl methyl sites for hydroxylation is 1. The van der Waals surface area contributed by atoms with Gasteiger partial charge < -0.3 is 14.8 Å². The smallest absolute Gasteiger partial charge is 0.248 e. The lowest BCUT2D eigenvalue weighted by Gasteiger charge is -2.11. The van der Waals surface area contributed by atoms with Crippen molar-refractivity contribution in [3.8, 4) is 11.5 Å². The van der Waals surface area contributed by atoms with Crippen molar-refractivity contribution >= 4 is 29.3 Å². The Hall–Kier alpha value is -3.24. The van der Waals surface area contributed by atoms with Crippen molar-refractivity contribution in [1.82, 2.24) is 0 Å². The number of hydrogen-bond donors (Lipinski definition) is 1. The average molecular weight is 408 g/mol. The van der Waals surface area contributed by atoms with Crippen LogP contribution in [0.3, 0.4) is 0 Å². The molecule has 1 N–H and O–H groups in total. The van der Waals surface area contributed by atoms with Gasteiger partial charge in [-0.05, 0) is 54.0 Å². The molecular weight excluding hydrogens is 386 g/mol. The number of nitrogens with one attached hydrogen (secondary N) is 1. The lowest BCUT2D eigenvalue weighted by Crippen LogP contribution is -2.07. The third kappa shape index (κ3) is 5.87. The molecule has 0 aromatic heterocycles. The SMILES string of the molecule is COc1cc(/C=C/C(=O)Nc2ccc(C)c(Cl)c2)ccc1OCc1ccccc1. The molecule has 0 heterocycles. The molecule has 0 spiro atoms. The molecule has 5 heteroatoms. The first-order valence-electron chi connectivity index (χ1n) is 9.15. The first-order valence-corrected chi connectivity index (χ1v) is 9.53. The van der Waals surface area contributed by atoms with Gasteiger partial charge in [-0.2, -0.15) is 0 Å². The summed E-state index contributed by atoms with van der Waals surface area (Å²) in [5, 5.41) is 3.41. The van der Waals surface area contributed by atoms with E-state index in [0.29, 0.717) is 28.8 Å².